The largest absolute Gasteiger partial charge is 0.495 e. The molecule has 13 heteroatoms. The Kier molecular flexibility index (Phi) is 10.2. The Morgan fingerprint density at radius 1 is 1.07 bits per heavy atom. The molecule has 1 atom stereocenters. The summed E-state index contributed by atoms with van der Waals surface area (Å²) in [7, 11) is 1.56. The van der Waals surface area contributed by atoms with Crippen molar-refractivity contribution in [2.75, 3.05) is 25.6 Å². The second-order valence-electron chi connectivity index (χ2n) is 9.82. The fourth-order valence-electron chi connectivity index (χ4n) is 4.78. The molecule has 2 aromatic heterocycles. The number of aryl methyl sites for hydroxylation is 1. The first kappa shape index (κ1) is 31.1. The molecule has 2 N–H and O–H groups in total. The quantitative estimate of drug-likeness (QED) is 0.157. The van der Waals surface area contributed by atoms with Gasteiger partial charge in [0.2, 0.25) is 5.91 Å². The van der Waals surface area contributed by atoms with Crippen LogP contribution in [0.4, 0.5) is 5.00 Å². The second-order valence-corrected chi connectivity index (χ2v) is 12.2. The molecule has 0 fully saturated rings. The molecule has 2 amide bonds. The molecular weight excluding hydrogens is 603 g/mol. The fraction of sp³-hybridized carbons (Fsp3) is 0.323. The number of nitrogens with zero attached hydrogens (tertiary/aromatic N) is 3. The van der Waals surface area contributed by atoms with Gasteiger partial charge in [0.25, 0.3) is 5.91 Å². The maximum atomic E-state index is 13.4. The van der Waals surface area contributed by atoms with E-state index in [9.17, 15) is 14.4 Å². The topological polar surface area (TPSA) is 134 Å². The molecule has 11 nitrogen and oxygen atoms in total. The third kappa shape index (κ3) is 7.05. The number of benzene rings is 2. The van der Waals surface area contributed by atoms with Crippen LogP contribution >= 0.6 is 23.1 Å². The van der Waals surface area contributed by atoms with Crippen molar-refractivity contribution in [2.24, 2.45) is 0 Å². The highest BCUT2D eigenvalue weighted by molar-refractivity contribution is 8.00. The Morgan fingerprint density at radius 3 is 2.61 bits per heavy atom. The smallest absolute Gasteiger partial charge is 0.341 e. The molecule has 1 aliphatic carbocycles. The van der Waals surface area contributed by atoms with Crippen molar-refractivity contribution in [3.63, 3.8) is 0 Å². The van der Waals surface area contributed by atoms with Gasteiger partial charge in [-0.25, -0.2) is 4.79 Å². The Balaban J connectivity index is 1.33. The molecule has 2 aromatic carbocycles. The van der Waals surface area contributed by atoms with Crippen molar-refractivity contribution in [2.45, 2.75) is 50.1 Å². The molecule has 0 radical (unpaired) electrons. The van der Waals surface area contributed by atoms with Gasteiger partial charge in [-0.05, 0) is 62.9 Å². The maximum Gasteiger partial charge on any atom is 0.341 e. The Hall–Kier alpha value is -4.36. The number of aromatic nitrogens is 3. The Morgan fingerprint density at radius 2 is 1.84 bits per heavy atom. The third-order valence-corrected chi connectivity index (χ3v) is 9.12. The van der Waals surface area contributed by atoms with E-state index >= 15 is 0 Å². The van der Waals surface area contributed by atoms with Crippen LogP contribution in [0.5, 0.6) is 11.5 Å². The summed E-state index contributed by atoms with van der Waals surface area (Å²) >= 11 is 2.64. The molecule has 0 unspecified atom stereocenters. The van der Waals surface area contributed by atoms with E-state index in [1.165, 1.54) is 23.1 Å². The molecule has 5 rings (SSSR count). The molecule has 0 saturated carbocycles. The van der Waals surface area contributed by atoms with Crippen molar-refractivity contribution in [1.29, 1.82) is 0 Å². The highest BCUT2D eigenvalue weighted by atomic mass is 32.2. The van der Waals surface area contributed by atoms with Crippen molar-refractivity contribution in [1.82, 2.24) is 20.1 Å². The normalized spacial score (nSPS) is 12.7. The number of rotatable bonds is 13. The van der Waals surface area contributed by atoms with Gasteiger partial charge >= 0.3 is 5.97 Å². The van der Waals surface area contributed by atoms with Gasteiger partial charge in [0.05, 0.1) is 36.8 Å². The van der Waals surface area contributed by atoms with E-state index in [2.05, 4.69) is 20.8 Å². The van der Waals surface area contributed by atoms with Crippen molar-refractivity contribution in [3.8, 4) is 17.2 Å². The first-order chi connectivity index (χ1) is 21.4. The number of amides is 2. The van der Waals surface area contributed by atoms with Crippen LogP contribution in [-0.2, 0) is 33.7 Å². The van der Waals surface area contributed by atoms with Crippen molar-refractivity contribution in [3.05, 3.63) is 76.4 Å². The Bertz CT molecular complexity index is 1640. The van der Waals surface area contributed by atoms with Crippen LogP contribution in [0.2, 0.25) is 0 Å². The summed E-state index contributed by atoms with van der Waals surface area (Å²) in [6, 6.07) is 16.4. The number of anilines is 1. The average Bonchev–Trinajstić information content (AvgIpc) is 3.74. The first-order valence-corrected chi connectivity index (χ1v) is 15.9. The highest BCUT2D eigenvalue weighted by Gasteiger charge is 2.30. The van der Waals surface area contributed by atoms with Gasteiger partial charge in [-0.2, -0.15) is 0 Å². The van der Waals surface area contributed by atoms with Gasteiger partial charge in [-0.15, -0.1) is 21.5 Å². The molecule has 0 aliphatic heterocycles. The zero-order valence-corrected chi connectivity index (χ0v) is 26.3. The van der Waals surface area contributed by atoms with E-state index < -0.39 is 11.2 Å². The number of carbonyl (C=O) groups excluding carboxylic acids is 3. The molecule has 0 spiro atoms. The molecule has 2 heterocycles. The number of methoxy groups -OCH3 is 1. The van der Waals surface area contributed by atoms with Crippen LogP contribution in [0.15, 0.2) is 59.8 Å². The summed E-state index contributed by atoms with van der Waals surface area (Å²) in [5, 5.41) is 14.8. The molecule has 0 bridgehead atoms. The van der Waals surface area contributed by atoms with Crippen LogP contribution < -0.4 is 20.1 Å². The lowest BCUT2D eigenvalue weighted by molar-refractivity contribution is -0.123. The van der Waals surface area contributed by atoms with Gasteiger partial charge in [-0.3, -0.25) is 14.2 Å². The van der Waals surface area contributed by atoms with E-state index in [0.717, 1.165) is 29.7 Å². The van der Waals surface area contributed by atoms with E-state index in [4.69, 9.17) is 14.2 Å². The van der Waals surface area contributed by atoms with Gasteiger partial charge in [0.1, 0.15) is 16.5 Å². The predicted octanol–water partition coefficient (Wildman–Crippen LogP) is 4.82. The first-order valence-electron chi connectivity index (χ1n) is 14.2. The van der Waals surface area contributed by atoms with E-state index in [1.807, 2.05) is 42.5 Å². The highest BCUT2D eigenvalue weighted by Crippen LogP contribution is 2.40. The molecule has 230 valence electrons. The number of thioether (sulfide) groups is 1. The summed E-state index contributed by atoms with van der Waals surface area (Å²) in [5.74, 6) is 0.565. The summed E-state index contributed by atoms with van der Waals surface area (Å²) in [6.45, 7) is 3.68. The summed E-state index contributed by atoms with van der Waals surface area (Å²) < 4.78 is 18.2. The summed E-state index contributed by atoms with van der Waals surface area (Å²) in [6.07, 6.45) is 2.65. The maximum absolute atomic E-state index is 13.4. The van der Waals surface area contributed by atoms with Crippen LogP contribution in [-0.4, -0.2) is 58.1 Å². The second kappa shape index (κ2) is 14.4. The van der Waals surface area contributed by atoms with Crippen LogP contribution in [0.25, 0.3) is 5.69 Å². The minimum atomic E-state index is -0.610. The molecular formula is C31H33N5O6S2. The average molecular weight is 636 g/mol. The van der Waals surface area contributed by atoms with E-state index in [-0.39, 0.29) is 31.6 Å². The van der Waals surface area contributed by atoms with Crippen molar-refractivity contribution >= 4 is 45.9 Å². The van der Waals surface area contributed by atoms with Crippen LogP contribution in [0.3, 0.4) is 0 Å². The monoisotopic (exact) mass is 635 g/mol. The summed E-state index contributed by atoms with van der Waals surface area (Å²) in [4.78, 5) is 39.9. The van der Waals surface area contributed by atoms with E-state index in [1.54, 1.807) is 37.7 Å². The standard InChI is InChI=1S/C31H33N5O6S2/c1-4-41-30(39)27-21-13-10-16-24(21)44-29(27)33-28(38)19(2)43-31-35-34-25(36(31)22-14-8-9-15-23(22)40-3)17-32-26(37)18-42-20-11-6-5-7-12-20/h5-9,11-12,14-15,19H,4,10,13,16-18H2,1-3H3,(H,32,37)(H,33,38)/t19-/m0/s1. The zero-order chi connectivity index (χ0) is 31.1. The van der Waals surface area contributed by atoms with Gasteiger partial charge < -0.3 is 24.8 Å². The predicted molar refractivity (Wildman–Crippen MR) is 168 cm³/mol. The fourth-order valence-corrected chi connectivity index (χ4v) is 6.94. The minimum absolute atomic E-state index is 0.0623. The molecule has 1 aliphatic rings. The SMILES string of the molecule is CCOC(=O)c1c(NC(=O)[C@H](C)Sc2nnc(CNC(=O)COc3ccccc3)n2-c2ccccc2OC)sc2c1CCC2. The lowest BCUT2D eigenvalue weighted by Crippen LogP contribution is -2.29. The molecule has 0 saturated heterocycles. The minimum Gasteiger partial charge on any atom is -0.495 e. The number of fused-ring (bicyclic) bond motifs is 1. The van der Waals surface area contributed by atoms with Crippen LogP contribution in [0, 0.1) is 0 Å². The van der Waals surface area contributed by atoms with Gasteiger partial charge in [0, 0.05) is 4.88 Å². The number of hydrogen-bond donors (Lipinski definition) is 2. The lowest BCUT2D eigenvalue weighted by Gasteiger charge is -2.16. The lowest BCUT2D eigenvalue weighted by atomic mass is 10.1. The summed E-state index contributed by atoms with van der Waals surface area (Å²) in [5.41, 5.74) is 2.08. The zero-order valence-electron chi connectivity index (χ0n) is 24.6. The Labute approximate surface area is 263 Å². The van der Waals surface area contributed by atoms with Gasteiger partial charge in [0.15, 0.2) is 17.6 Å². The number of thiophene rings is 1. The number of nitrogens with one attached hydrogen (secondary N) is 2. The van der Waals surface area contributed by atoms with Crippen LogP contribution in [0.1, 0.15) is 46.9 Å². The van der Waals surface area contributed by atoms with Crippen molar-refractivity contribution < 1.29 is 28.6 Å². The number of ether oxygens (including phenoxy) is 3. The molecule has 44 heavy (non-hydrogen) atoms. The number of hydrogen-bond acceptors (Lipinski definition) is 10. The third-order valence-electron chi connectivity index (χ3n) is 6.87. The van der Waals surface area contributed by atoms with Gasteiger partial charge in [-0.1, -0.05) is 42.1 Å². The van der Waals surface area contributed by atoms with E-state index in [0.29, 0.717) is 38.7 Å². The number of esters is 1. The number of para-hydroxylation sites is 3. The molecule has 4 aromatic rings. The number of carbonyl (C=O) groups is 3.